The molecule has 41 heavy (non-hydrogen) atoms. The highest BCUT2D eigenvalue weighted by Gasteiger charge is 2.34. The molecule has 0 radical (unpaired) electrons. The lowest BCUT2D eigenvalue weighted by atomic mass is 10.0. The van der Waals surface area contributed by atoms with Crippen LogP contribution < -0.4 is 24.8 Å². The third kappa shape index (κ3) is 7.16. The van der Waals surface area contributed by atoms with E-state index in [9.17, 15) is 14.4 Å². The van der Waals surface area contributed by atoms with Crippen LogP contribution in [0.25, 0.3) is 0 Å². The quantitative estimate of drug-likeness (QED) is 0.501. The van der Waals surface area contributed by atoms with Gasteiger partial charge in [-0.05, 0) is 48.7 Å². The number of carbonyl (C=O) groups excluding carboxylic acids is 3. The van der Waals surface area contributed by atoms with E-state index < -0.39 is 6.04 Å². The molecule has 3 amide bonds. The molecule has 8 rings (SSSR count). The number of benzene rings is 2. The van der Waals surface area contributed by atoms with Crippen molar-refractivity contribution in [1.29, 1.82) is 0 Å². The summed E-state index contributed by atoms with van der Waals surface area (Å²) >= 11 is 0. The topological polar surface area (TPSA) is 124 Å². The maximum atomic E-state index is 13.1. The number of aryl methyl sites for hydroxylation is 2. The summed E-state index contributed by atoms with van der Waals surface area (Å²) in [6, 6.07) is 12.5. The fraction of sp³-hybridized carbons (Fsp3) is 0.400. The molecule has 1 fully saturated rings. The molecule has 2 aromatic carbocycles. The molecule has 216 valence electrons. The van der Waals surface area contributed by atoms with Crippen molar-refractivity contribution >= 4 is 17.7 Å². The van der Waals surface area contributed by atoms with Gasteiger partial charge in [0.2, 0.25) is 11.8 Å². The predicted molar refractivity (Wildman–Crippen MR) is 150 cm³/mol. The van der Waals surface area contributed by atoms with E-state index in [1.54, 1.807) is 27.9 Å². The fourth-order valence-corrected chi connectivity index (χ4v) is 5.04. The average molecular weight is 562 g/mol. The van der Waals surface area contributed by atoms with E-state index in [1.165, 1.54) is 7.11 Å². The Morgan fingerprint density at radius 1 is 1.10 bits per heavy atom. The first-order valence-electron chi connectivity index (χ1n) is 13.7. The van der Waals surface area contributed by atoms with Gasteiger partial charge >= 0.3 is 0 Å². The second-order valence-corrected chi connectivity index (χ2v) is 10.3. The van der Waals surface area contributed by atoms with Gasteiger partial charge in [0.05, 0.1) is 13.2 Å². The normalized spacial score (nSPS) is 19.8. The zero-order valence-electron chi connectivity index (χ0n) is 23.3. The van der Waals surface area contributed by atoms with Gasteiger partial charge in [-0.2, -0.15) is 0 Å². The third-order valence-corrected chi connectivity index (χ3v) is 7.41. The Labute approximate surface area is 238 Å². The van der Waals surface area contributed by atoms with Crippen LogP contribution in [0.3, 0.4) is 0 Å². The summed E-state index contributed by atoms with van der Waals surface area (Å²) in [5, 5.41) is 5.99. The Balaban J connectivity index is 1.35. The first-order valence-corrected chi connectivity index (χ1v) is 13.7. The number of nitrogens with one attached hydrogen (secondary N) is 2. The van der Waals surface area contributed by atoms with E-state index in [0.717, 1.165) is 17.0 Å². The molecule has 6 heterocycles. The van der Waals surface area contributed by atoms with E-state index >= 15 is 0 Å². The number of imidazole rings is 1. The number of methoxy groups -OCH3 is 1. The zero-order valence-corrected chi connectivity index (χ0v) is 23.3. The minimum absolute atomic E-state index is 0.0527. The van der Waals surface area contributed by atoms with E-state index in [1.807, 2.05) is 43.3 Å². The molecule has 0 aliphatic carbocycles. The number of likely N-dealkylation sites (tertiary alicyclic amines) is 1. The Bertz CT molecular complexity index is 1390. The van der Waals surface area contributed by atoms with Crippen molar-refractivity contribution in [3.05, 3.63) is 71.8 Å². The molecule has 2 atom stereocenters. The Kier molecular flexibility index (Phi) is 8.71. The Morgan fingerprint density at radius 2 is 1.90 bits per heavy atom. The second kappa shape index (κ2) is 12.8. The molecule has 1 saturated heterocycles. The van der Waals surface area contributed by atoms with Crippen molar-refractivity contribution in [1.82, 2.24) is 25.1 Å². The summed E-state index contributed by atoms with van der Waals surface area (Å²) in [7, 11) is 1.53. The number of piperidine rings is 1. The maximum Gasteiger partial charge on any atom is 0.258 e. The molecule has 3 aromatic rings. The van der Waals surface area contributed by atoms with Gasteiger partial charge in [-0.25, -0.2) is 4.98 Å². The van der Waals surface area contributed by atoms with Crippen LogP contribution in [0.4, 0.5) is 0 Å². The SMILES string of the molecule is COc1cc2ccc1OCC(=O)N[C@@H]1CN(C(=O)Cn3ccnc3C)CC[C@H]1Oc1ccc(cc1)CNC(=O)CC2. The highest BCUT2D eigenvalue weighted by molar-refractivity contribution is 5.79. The monoisotopic (exact) mass is 561 g/mol. The number of amides is 3. The van der Waals surface area contributed by atoms with Crippen LogP contribution in [-0.2, 0) is 33.9 Å². The van der Waals surface area contributed by atoms with Crippen molar-refractivity contribution in [2.75, 3.05) is 26.8 Å². The molecule has 5 aliphatic rings. The average Bonchev–Trinajstić information content (AvgIpc) is 3.38. The number of hydrogen-bond donors (Lipinski definition) is 2. The van der Waals surface area contributed by atoms with Crippen molar-refractivity contribution < 1.29 is 28.6 Å². The summed E-state index contributed by atoms with van der Waals surface area (Å²) in [6.45, 7) is 2.99. The molecular formula is C30H35N5O6. The van der Waals surface area contributed by atoms with Crippen LogP contribution in [0.1, 0.15) is 29.8 Å². The first kappa shape index (κ1) is 28.0. The lowest BCUT2D eigenvalue weighted by Crippen LogP contribution is -2.59. The van der Waals surface area contributed by atoms with Gasteiger partial charge in [-0.15, -0.1) is 0 Å². The number of carbonyl (C=O) groups is 3. The minimum atomic E-state index is -0.457. The van der Waals surface area contributed by atoms with Crippen LogP contribution in [0, 0.1) is 6.92 Å². The summed E-state index contributed by atoms with van der Waals surface area (Å²) in [6.07, 6.45) is 4.49. The van der Waals surface area contributed by atoms with Gasteiger partial charge in [0.1, 0.15) is 24.2 Å². The van der Waals surface area contributed by atoms with Crippen LogP contribution in [0.5, 0.6) is 17.2 Å². The van der Waals surface area contributed by atoms with Gasteiger partial charge in [0, 0.05) is 44.9 Å². The molecular weight excluding hydrogens is 526 g/mol. The Hall–Kier alpha value is -4.54. The molecule has 5 aliphatic heterocycles. The predicted octanol–water partition coefficient (Wildman–Crippen LogP) is 2.01. The van der Waals surface area contributed by atoms with E-state index in [2.05, 4.69) is 15.6 Å². The van der Waals surface area contributed by atoms with Crippen molar-refractivity contribution in [2.24, 2.45) is 0 Å². The lowest BCUT2D eigenvalue weighted by molar-refractivity contribution is -0.136. The van der Waals surface area contributed by atoms with Crippen LogP contribution in [0.15, 0.2) is 54.9 Å². The second-order valence-electron chi connectivity index (χ2n) is 10.3. The zero-order chi connectivity index (χ0) is 28.8. The fourth-order valence-electron chi connectivity index (χ4n) is 5.04. The number of rotatable bonds is 3. The van der Waals surface area contributed by atoms with Gasteiger partial charge in [0.25, 0.3) is 5.91 Å². The Morgan fingerprint density at radius 3 is 2.66 bits per heavy atom. The highest BCUT2D eigenvalue weighted by Crippen LogP contribution is 2.29. The minimum Gasteiger partial charge on any atom is -0.493 e. The summed E-state index contributed by atoms with van der Waals surface area (Å²) in [5.41, 5.74) is 1.87. The number of hydrogen-bond acceptors (Lipinski definition) is 7. The molecule has 0 saturated carbocycles. The molecule has 2 N–H and O–H groups in total. The lowest BCUT2D eigenvalue weighted by Gasteiger charge is -2.39. The highest BCUT2D eigenvalue weighted by atomic mass is 16.5. The smallest absolute Gasteiger partial charge is 0.258 e. The molecule has 1 aromatic heterocycles. The van der Waals surface area contributed by atoms with Gasteiger partial charge in [-0.3, -0.25) is 14.4 Å². The molecule has 11 nitrogen and oxygen atoms in total. The number of ether oxygens (including phenoxy) is 3. The number of nitrogens with zero attached hydrogens (tertiary/aromatic N) is 3. The van der Waals surface area contributed by atoms with E-state index in [-0.39, 0.29) is 37.0 Å². The molecule has 0 unspecified atom stereocenters. The van der Waals surface area contributed by atoms with Gasteiger partial charge < -0.3 is 34.3 Å². The van der Waals surface area contributed by atoms with Crippen LogP contribution >= 0.6 is 0 Å². The van der Waals surface area contributed by atoms with Gasteiger partial charge in [0.15, 0.2) is 18.1 Å². The van der Waals surface area contributed by atoms with Gasteiger partial charge in [-0.1, -0.05) is 18.2 Å². The van der Waals surface area contributed by atoms with Crippen LogP contribution in [0.2, 0.25) is 0 Å². The van der Waals surface area contributed by atoms with Crippen molar-refractivity contribution in [2.45, 2.75) is 51.4 Å². The standard InChI is InChI=1S/C30H35N5O6/c1-20-31-12-14-34(20)18-30(38)35-13-11-25-24(17-35)33-29(37)19-40-26-9-5-21(15-27(26)39-2)6-10-28(36)32-16-22-3-7-23(41-25)8-4-22/h3-5,7-9,12,14-15,24-25H,6,10-11,13,16-19H2,1-2H3,(H,32,36)(H,33,37)/t24-,25-/m1/s1. The first-order chi connectivity index (χ1) is 19.9. The molecule has 4 bridgehead atoms. The summed E-state index contributed by atoms with van der Waals surface area (Å²) in [5.74, 6) is 1.87. The van der Waals surface area contributed by atoms with Crippen LogP contribution in [-0.4, -0.2) is 71.1 Å². The molecule has 0 spiro atoms. The van der Waals surface area contributed by atoms with Crippen molar-refractivity contribution in [3.63, 3.8) is 0 Å². The van der Waals surface area contributed by atoms with E-state index in [4.69, 9.17) is 14.2 Å². The summed E-state index contributed by atoms with van der Waals surface area (Å²) < 4.78 is 19.4. The third-order valence-electron chi connectivity index (χ3n) is 7.41. The van der Waals surface area contributed by atoms with E-state index in [0.29, 0.717) is 56.1 Å². The largest absolute Gasteiger partial charge is 0.493 e. The molecule has 11 heteroatoms. The summed E-state index contributed by atoms with van der Waals surface area (Å²) in [4.78, 5) is 44.6. The maximum absolute atomic E-state index is 13.1. The van der Waals surface area contributed by atoms with Crippen molar-refractivity contribution in [3.8, 4) is 17.2 Å². The number of aromatic nitrogens is 2.